The van der Waals surface area contributed by atoms with E-state index in [1.807, 2.05) is 13.0 Å². The summed E-state index contributed by atoms with van der Waals surface area (Å²) >= 11 is 1.76. The van der Waals surface area contributed by atoms with Crippen molar-refractivity contribution in [1.82, 2.24) is 4.98 Å². The molecule has 0 aliphatic carbocycles. The zero-order valence-corrected chi connectivity index (χ0v) is 11.5. The second kappa shape index (κ2) is 7.56. The van der Waals surface area contributed by atoms with Crippen molar-refractivity contribution in [2.75, 3.05) is 18.1 Å². The van der Waals surface area contributed by atoms with Crippen LogP contribution in [0.25, 0.3) is 0 Å². The van der Waals surface area contributed by atoms with Gasteiger partial charge >= 0.3 is 0 Å². The lowest BCUT2D eigenvalue weighted by molar-refractivity contribution is 0.203. The summed E-state index contributed by atoms with van der Waals surface area (Å²) in [6.07, 6.45) is 2.90. The Kier molecular flexibility index (Phi) is 6.37. The molecule has 1 unspecified atom stereocenters. The third-order valence-electron chi connectivity index (χ3n) is 2.16. The Bertz CT molecular complexity index is 331. The third-order valence-corrected chi connectivity index (χ3v) is 3.61. The van der Waals surface area contributed by atoms with E-state index in [0.29, 0.717) is 18.3 Å². The van der Waals surface area contributed by atoms with E-state index in [4.69, 9.17) is 4.74 Å². The van der Waals surface area contributed by atoms with Gasteiger partial charge in [-0.15, -0.1) is 0 Å². The SMILES string of the molecule is CCOc1cncc(C(O)CSCC(C)C)c1. The van der Waals surface area contributed by atoms with Gasteiger partial charge in [-0.2, -0.15) is 11.8 Å². The zero-order valence-electron chi connectivity index (χ0n) is 10.7. The number of aromatic nitrogens is 1. The van der Waals surface area contributed by atoms with Crippen molar-refractivity contribution in [1.29, 1.82) is 0 Å². The first-order chi connectivity index (χ1) is 8.13. The smallest absolute Gasteiger partial charge is 0.137 e. The van der Waals surface area contributed by atoms with Crippen molar-refractivity contribution in [2.24, 2.45) is 5.92 Å². The second-order valence-corrected chi connectivity index (χ2v) is 5.41. The molecule has 3 nitrogen and oxygen atoms in total. The molecule has 0 amide bonds. The number of thioether (sulfide) groups is 1. The first-order valence-corrected chi connectivity index (χ1v) is 7.12. The van der Waals surface area contributed by atoms with Crippen LogP contribution >= 0.6 is 11.8 Å². The van der Waals surface area contributed by atoms with Gasteiger partial charge in [-0.1, -0.05) is 13.8 Å². The molecule has 0 saturated heterocycles. The first-order valence-electron chi connectivity index (χ1n) is 5.97. The highest BCUT2D eigenvalue weighted by Crippen LogP contribution is 2.22. The molecular formula is C13H21NO2S. The van der Waals surface area contributed by atoms with Crippen LogP contribution < -0.4 is 4.74 Å². The van der Waals surface area contributed by atoms with E-state index >= 15 is 0 Å². The normalized spacial score (nSPS) is 12.8. The highest BCUT2D eigenvalue weighted by Gasteiger charge is 2.09. The van der Waals surface area contributed by atoms with E-state index in [-0.39, 0.29) is 0 Å². The number of aliphatic hydroxyl groups excluding tert-OH is 1. The molecule has 0 spiro atoms. The van der Waals surface area contributed by atoms with Crippen LogP contribution in [-0.2, 0) is 0 Å². The van der Waals surface area contributed by atoms with Crippen molar-refractivity contribution in [3.05, 3.63) is 24.0 Å². The molecule has 96 valence electrons. The van der Waals surface area contributed by atoms with Gasteiger partial charge in [0.15, 0.2) is 0 Å². The molecule has 17 heavy (non-hydrogen) atoms. The van der Waals surface area contributed by atoms with Gasteiger partial charge in [0.2, 0.25) is 0 Å². The van der Waals surface area contributed by atoms with E-state index in [1.54, 1.807) is 24.2 Å². The Balaban J connectivity index is 2.50. The number of pyridine rings is 1. The number of hydrogen-bond acceptors (Lipinski definition) is 4. The minimum absolute atomic E-state index is 0.466. The van der Waals surface area contributed by atoms with Crippen LogP contribution in [0, 0.1) is 5.92 Å². The maximum absolute atomic E-state index is 10.0. The third kappa shape index (κ3) is 5.41. The maximum Gasteiger partial charge on any atom is 0.137 e. The monoisotopic (exact) mass is 255 g/mol. The lowest BCUT2D eigenvalue weighted by Gasteiger charge is -2.12. The Labute approximate surface area is 108 Å². The summed E-state index contributed by atoms with van der Waals surface area (Å²) in [5.74, 6) is 3.14. The summed E-state index contributed by atoms with van der Waals surface area (Å²) in [5, 5.41) is 10.0. The van der Waals surface area contributed by atoms with Gasteiger partial charge < -0.3 is 9.84 Å². The molecule has 1 N–H and O–H groups in total. The molecule has 1 aromatic heterocycles. The zero-order chi connectivity index (χ0) is 12.7. The molecule has 0 aromatic carbocycles. The topological polar surface area (TPSA) is 42.4 Å². The summed E-state index contributed by atoms with van der Waals surface area (Å²) < 4.78 is 5.36. The molecule has 1 heterocycles. The van der Waals surface area contributed by atoms with E-state index in [9.17, 15) is 5.11 Å². The fraction of sp³-hybridized carbons (Fsp3) is 0.615. The molecule has 0 aliphatic rings. The van der Waals surface area contributed by atoms with E-state index in [2.05, 4.69) is 18.8 Å². The molecule has 1 rings (SSSR count). The minimum Gasteiger partial charge on any atom is -0.492 e. The Hall–Kier alpha value is -0.740. The van der Waals surface area contributed by atoms with Gasteiger partial charge in [-0.3, -0.25) is 4.98 Å². The van der Waals surface area contributed by atoms with Crippen LogP contribution in [0.1, 0.15) is 32.4 Å². The largest absolute Gasteiger partial charge is 0.492 e. The van der Waals surface area contributed by atoms with Crippen molar-refractivity contribution >= 4 is 11.8 Å². The number of rotatable bonds is 7. The number of hydrogen-bond donors (Lipinski definition) is 1. The van der Waals surface area contributed by atoms with Crippen molar-refractivity contribution in [2.45, 2.75) is 26.9 Å². The molecule has 0 aliphatic heterocycles. The Morgan fingerprint density at radius 3 is 2.76 bits per heavy atom. The lowest BCUT2D eigenvalue weighted by atomic mass is 10.2. The van der Waals surface area contributed by atoms with E-state index < -0.39 is 6.10 Å². The molecule has 1 aromatic rings. The summed E-state index contributed by atoms with van der Waals surface area (Å²) in [7, 11) is 0. The number of nitrogens with zero attached hydrogens (tertiary/aromatic N) is 1. The summed E-state index contributed by atoms with van der Waals surface area (Å²) in [6.45, 7) is 6.90. The fourth-order valence-electron chi connectivity index (χ4n) is 1.38. The Morgan fingerprint density at radius 1 is 1.35 bits per heavy atom. The average Bonchev–Trinajstić information content (AvgIpc) is 2.29. The number of aliphatic hydroxyl groups is 1. The predicted octanol–water partition coefficient (Wildman–Crippen LogP) is 2.90. The predicted molar refractivity (Wildman–Crippen MR) is 72.5 cm³/mol. The number of ether oxygens (including phenoxy) is 1. The summed E-state index contributed by atoms with van der Waals surface area (Å²) in [6, 6.07) is 1.86. The van der Waals surface area contributed by atoms with Gasteiger partial charge in [-0.25, -0.2) is 0 Å². The standard InChI is InChI=1S/C13H21NO2S/c1-4-16-12-5-11(6-14-7-12)13(15)9-17-8-10(2)3/h5-7,10,13,15H,4,8-9H2,1-3H3. The lowest BCUT2D eigenvalue weighted by Crippen LogP contribution is -2.04. The van der Waals surface area contributed by atoms with Gasteiger partial charge in [0, 0.05) is 17.5 Å². The van der Waals surface area contributed by atoms with Crippen LogP contribution in [0.15, 0.2) is 18.5 Å². The molecule has 0 bridgehead atoms. The van der Waals surface area contributed by atoms with Gasteiger partial charge in [0.25, 0.3) is 0 Å². The molecule has 4 heteroatoms. The van der Waals surface area contributed by atoms with Crippen molar-refractivity contribution < 1.29 is 9.84 Å². The van der Waals surface area contributed by atoms with Crippen LogP contribution in [0.2, 0.25) is 0 Å². The van der Waals surface area contributed by atoms with E-state index in [0.717, 1.165) is 17.1 Å². The fourth-order valence-corrected chi connectivity index (χ4v) is 2.40. The second-order valence-electron chi connectivity index (χ2n) is 4.33. The minimum atomic E-state index is -0.466. The molecule has 1 atom stereocenters. The molecule has 0 radical (unpaired) electrons. The summed E-state index contributed by atoms with van der Waals surface area (Å²) in [5.41, 5.74) is 0.826. The average molecular weight is 255 g/mol. The molecule has 0 saturated carbocycles. The van der Waals surface area contributed by atoms with Crippen LogP contribution in [0.5, 0.6) is 5.75 Å². The first kappa shape index (κ1) is 14.3. The van der Waals surface area contributed by atoms with Crippen LogP contribution in [0.3, 0.4) is 0 Å². The highest BCUT2D eigenvalue weighted by atomic mass is 32.2. The van der Waals surface area contributed by atoms with Crippen LogP contribution in [-0.4, -0.2) is 28.2 Å². The van der Waals surface area contributed by atoms with Gasteiger partial charge in [-0.05, 0) is 24.7 Å². The quantitative estimate of drug-likeness (QED) is 0.813. The van der Waals surface area contributed by atoms with Crippen LogP contribution in [0.4, 0.5) is 0 Å². The Morgan fingerprint density at radius 2 is 2.12 bits per heavy atom. The van der Waals surface area contributed by atoms with Crippen molar-refractivity contribution in [3.63, 3.8) is 0 Å². The highest BCUT2D eigenvalue weighted by molar-refractivity contribution is 7.99. The van der Waals surface area contributed by atoms with E-state index in [1.165, 1.54) is 0 Å². The molecule has 0 fully saturated rings. The van der Waals surface area contributed by atoms with Crippen molar-refractivity contribution in [3.8, 4) is 5.75 Å². The maximum atomic E-state index is 10.0. The summed E-state index contributed by atoms with van der Waals surface area (Å²) in [4.78, 5) is 4.07. The van der Waals surface area contributed by atoms with Gasteiger partial charge in [0.1, 0.15) is 5.75 Å². The van der Waals surface area contributed by atoms with Gasteiger partial charge in [0.05, 0.1) is 18.9 Å². The molecular weight excluding hydrogens is 234 g/mol.